The van der Waals surface area contributed by atoms with Crippen LogP contribution in [0.5, 0.6) is 0 Å². The first-order chi connectivity index (χ1) is 12.7. The van der Waals surface area contributed by atoms with Crippen LogP contribution >= 0.6 is 11.6 Å². The molecule has 0 amide bonds. The summed E-state index contributed by atoms with van der Waals surface area (Å²) in [6, 6.07) is 13.0. The highest BCUT2D eigenvalue weighted by atomic mass is 35.5. The first-order valence-electron chi connectivity index (χ1n) is 9.49. The number of halogens is 1. The van der Waals surface area contributed by atoms with E-state index in [9.17, 15) is 0 Å². The smallest absolute Gasteiger partial charge is 0.0679 e. The lowest BCUT2D eigenvalue weighted by Crippen LogP contribution is -2.09. The fourth-order valence-electron chi connectivity index (χ4n) is 3.94. The molecule has 0 radical (unpaired) electrons. The number of allylic oxidation sites excluding steroid dienone is 4. The molecule has 1 heterocycles. The summed E-state index contributed by atoms with van der Waals surface area (Å²) in [6.45, 7) is 2.78. The van der Waals surface area contributed by atoms with Crippen molar-refractivity contribution in [2.45, 2.75) is 45.6 Å². The van der Waals surface area contributed by atoms with Gasteiger partial charge in [-0.25, -0.2) is 0 Å². The Kier molecular flexibility index (Phi) is 5.08. The SMILES string of the molecule is CC1=C/C=C\Cc2cccc(Cl)c2CN=C1c1ccc2c(c1)CCCC2. The zero-order valence-corrected chi connectivity index (χ0v) is 16.0. The average molecular weight is 362 g/mol. The Morgan fingerprint density at radius 3 is 2.69 bits per heavy atom. The number of benzene rings is 2. The molecule has 2 heteroatoms. The highest BCUT2D eigenvalue weighted by Crippen LogP contribution is 2.26. The van der Waals surface area contributed by atoms with Crippen molar-refractivity contribution in [3.05, 3.63) is 93.0 Å². The molecule has 1 aliphatic carbocycles. The van der Waals surface area contributed by atoms with Crippen molar-refractivity contribution in [3.63, 3.8) is 0 Å². The van der Waals surface area contributed by atoms with Crippen molar-refractivity contribution in [1.29, 1.82) is 0 Å². The van der Waals surface area contributed by atoms with Crippen LogP contribution in [0.2, 0.25) is 5.02 Å². The number of aliphatic imine (C=N–C) groups is 1. The molecule has 0 fully saturated rings. The highest BCUT2D eigenvalue weighted by Gasteiger charge is 2.14. The van der Waals surface area contributed by atoms with Gasteiger partial charge in [0.1, 0.15) is 0 Å². The molecule has 0 saturated heterocycles. The van der Waals surface area contributed by atoms with Crippen LogP contribution in [0, 0.1) is 0 Å². The van der Waals surface area contributed by atoms with E-state index in [1.807, 2.05) is 12.1 Å². The average Bonchev–Trinajstić information content (AvgIpc) is 2.67. The molecule has 4 rings (SSSR count). The predicted octanol–water partition coefficient (Wildman–Crippen LogP) is 6.27. The highest BCUT2D eigenvalue weighted by molar-refractivity contribution is 6.31. The Morgan fingerprint density at radius 2 is 1.81 bits per heavy atom. The van der Waals surface area contributed by atoms with Gasteiger partial charge in [-0.3, -0.25) is 4.99 Å². The van der Waals surface area contributed by atoms with Crippen molar-refractivity contribution in [3.8, 4) is 0 Å². The van der Waals surface area contributed by atoms with Gasteiger partial charge in [-0.05, 0) is 79.0 Å². The fraction of sp³-hybridized carbons (Fsp3) is 0.292. The minimum atomic E-state index is 0.625. The van der Waals surface area contributed by atoms with Gasteiger partial charge in [0.25, 0.3) is 0 Å². The molecule has 2 aromatic carbocycles. The molecule has 0 N–H and O–H groups in total. The van der Waals surface area contributed by atoms with Gasteiger partial charge in [-0.1, -0.05) is 54.1 Å². The lowest BCUT2D eigenvalue weighted by molar-refractivity contribution is 0.685. The van der Waals surface area contributed by atoms with Crippen LogP contribution in [0.15, 0.2) is 65.2 Å². The van der Waals surface area contributed by atoms with E-state index < -0.39 is 0 Å². The molecule has 0 atom stereocenters. The zero-order chi connectivity index (χ0) is 17.9. The Hall–Kier alpha value is -2.12. The number of hydrogen-bond acceptors (Lipinski definition) is 1. The maximum absolute atomic E-state index is 6.48. The largest absolute Gasteiger partial charge is 0.280 e. The maximum atomic E-state index is 6.48. The third kappa shape index (κ3) is 3.54. The number of hydrogen-bond donors (Lipinski definition) is 0. The zero-order valence-electron chi connectivity index (χ0n) is 15.3. The number of aryl methyl sites for hydroxylation is 2. The second-order valence-electron chi connectivity index (χ2n) is 7.21. The van der Waals surface area contributed by atoms with Gasteiger partial charge in [0.2, 0.25) is 0 Å². The Labute approximate surface area is 161 Å². The molecule has 2 aromatic rings. The molecule has 0 unspecified atom stereocenters. The van der Waals surface area contributed by atoms with Gasteiger partial charge in [0.15, 0.2) is 0 Å². The van der Waals surface area contributed by atoms with E-state index in [2.05, 4.69) is 49.4 Å². The van der Waals surface area contributed by atoms with Crippen molar-refractivity contribution in [2.75, 3.05) is 0 Å². The first kappa shape index (κ1) is 17.3. The third-order valence-electron chi connectivity index (χ3n) is 5.43. The van der Waals surface area contributed by atoms with Gasteiger partial charge < -0.3 is 0 Å². The van der Waals surface area contributed by atoms with Crippen molar-refractivity contribution < 1.29 is 0 Å². The van der Waals surface area contributed by atoms with Crippen LogP contribution < -0.4 is 0 Å². The van der Waals surface area contributed by atoms with Crippen LogP contribution in [0.1, 0.15) is 47.6 Å². The lowest BCUT2D eigenvalue weighted by atomic mass is 9.88. The number of fused-ring (bicyclic) bond motifs is 2. The normalized spacial score (nSPS) is 18.2. The third-order valence-corrected chi connectivity index (χ3v) is 5.78. The molecule has 1 aliphatic heterocycles. The van der Waals surface area contributed by atoms with Gasteiger partial charge in [0, 0.05) is 10.6 Å². The molecular weight excluding hydrogens is 338 g/mol. The van der Waals surface area contributed by atoms with E-state index in [0.29, 0.717) is 6.54 Å². The van der Waals surface area contributed by atoms with E-state index in [-0.39, 0.29) is 0 Å². The Bertz CT molecular complexity index is 918. The fourth-order valence-corrected chi connectivity index (χ4v) is 4.19. The Balaban J connectivity index is 1.78. The summed E-state index contributed by atoms with van der Waals surface area (Å²) >= 11 is 6.48. The topological polar surface area (TPSA) is 12.4 Å². The van der Waals surface area contributed by atoms with Crippen molar-refractivity contribution in [1.82, 2.24) is 0 Å². The van der Waals surface area contributed by atoms with E-state index in [1.54, 1.807) is 0 Å². The summed E-state index contributed by atoms with van der Waals surface area (Å²) in [5.41, 5.74) is 8.91. The molecule has 2 aliphatic rings. The van der Waals surface area contributed by atoms with Crippen LogP contribution in [0.4, 0.5) is 0 Å². The van der Waals surface area contributed by atoms with Crippen molar-refractivity contribution >= 4 is 17.3 Å². The molecule has 0 bridgehead atoms. The van der Waals surface area contributed by atoms with E-state index in [1.165, 1.54) is 53.5 Å². The summed E-state index contributed by atoms with van der Waals surface area (Å²) in [5, 5.41) is 0.812. The van der Waals surface area contributed by atoms with Crippen LogP contribution in [-0.4, -0.2) is 5.71 Å². The van der Waals surface area contributed by atoms with E-state index >= 15 is 0 Å². The minimum Gasteiger partial charge on any atom is -0.280 e. The van der Waals surface area contributed by atoms with Crippen LogP contribution in [0.3, 0.4) is 0 Å². The van der Waals surface area contributed by atoms with Crippen LogP contribution in [-0.2, 0) is 25.8 Å². The summed E-state index contributed by atoms with van der Waals surface area (Å²) in [6.07, 6.45) is 12.4. The molecule has 26 heavy (non-hydrogen) atoms. The second-order valence-corrected chi connectivity index (χ2v) is 7.62. The summed E-state index contributed by atoms with van der Waals surface area (Å²) in [5.74, 6) is 0. The minimum absolute atomic E-state index is 0.625. The summed E-state index contributed by atoms with van der Waals surface area (Å²) < 4.78 is 0. The van der Waals surface area contributed by atoms with Crippen LogP contribution in [0.25, 0.3) is 0 Å². The van der Waals surface area contributed by atoms with Gasteiger partial charge in [0.05, 0.1) is 12.3 Å². The standard InChI is InChI=1S/C24H24ClN/c1-17-7-2-3-9-19-11-6-12-23(25)22(19)16-26-24(17)21-14-13-18-8-4-5-10-20(18)15-21/h2-3,6-7,11-15H,4-5,8-10,16H2,1H3/b3-2-,17-7?,26-24?. The van der Waals surface area contributed by atoms with Gasteiger partial charge in [-0.2, -0.15) is 0 Å². The summed E-state index contributed by atoms with van der Waals surface area (Å²) in [7, 11) is 0. The predicted molar refractivity (Wildman–Crippen MR) is 111 cm³/mol. The lowest BCUT2D eigenvalue weighted by Gasteiger charge is -2.18. The number of rotatable bonds is 1. The van der Waals surface area contributed by atoms with E-state index in [0.717, 1.165) is 22.7 Å². The maximum Gasteiger partial charge on any atom is 0.0679 e. The molecular formula is C24H24ClN. The first-order valence-corrected chi connectivity index (χ1v) is 9.87. The van der Waals surface area contributed by atoms with Crippen molar-refractivity contribution in [2.24, 2.45) is 4.99 Å². The molecule has 0 spiro atoms. The molecule has 1 nitrogen and oxygen atoms in total. The quantitative estimate of drug-likeness (QED) is 0.567. The summed E-state index contributed by atoms with van der Waals surface area (Å²) in [4.78, 5) is 5.02. The van der Waals surface area contributed by atoms with Gasteiger partial charge in [-0.15, -0.1) is 0 Å². The Morgan fingerprint density at radius 1 is 0.962 bits per heavy atom. The monoisotopic (exact) mass is 361 g/mol. The second kappa shape index (κ2) is 7.63. The number of nitrogens with zero attached hydrogens (tertiary/aromatic N) is 1. The molecule has 0 saturated carbocycles. The van der Waals surface area contributed by atoms with Gasteiger partial charge >= 0.3 is 0 Å². The molecule has 132 valence electrons. The van der Waals surface area contributed by atoms with E-state index in [4.69, 9.17) is 16.6 Å². The molecule has 0 aromatic heterocycles.